The lowest BCUT2D eigenvalue weighted by Crippen LogP contribution is -1.99. The van der Waals surface area contributed by atoms with Crippen molar-refractivity contribution in [2.75, 3.05) is 6.61 Å². The van der Waals surface area contributed by atoms with Crippen LogP contribution in [0.3, 0.4) is 0 Å². The van der Waals surface area contributed by atoms with Crippen LogP contribution in [0, 0.1) is 0 Å². The monoisotopic (exact) mass is 360 g/mol. The summed E-state index contributed by atoms with van der Waals surface area (Å²) in [4.78, 5) is 0.810. The van der Waals surface area contributed by atoms with Crippen LogP contribution < -0.4 is 4.74 Å². The van der Waals surface area contributed by atoms with Crippen molar-refractivity contribution < 1.29 is 9.84 Å². The van der Waals surface area contributed by atoms with Gasteiger partial charge < -0.3 is 9.84 Å². The minimum atomic E-state index is -0.682. The van der Waals surface area contributed by atoms with Crippen molar-refractivity contribution in [1.29, 1.82) is 0 Å². The fraction of sp³-hybridized carbons (Fsp3) is 0.286. The van der Waals surface area contributed by atoms with Crippen molar-refractivity contribution in [2.24, 2.45) is 0 Å². The van der Waals surface area contributed by atoms with E-state index in [0.717, 1.165) is 27.1 Å². The van der Waals surface area contributed by atoms with Crippen LogP contribution in [-0.2, 0) is 0 Å². The molecule has 19 heavy (non-hydrogen) atoms. The lowest BCUT2D eigenvalue weighted by molar-refractivity contribution is 0.223. The van der Waals surface area contributed by atoms with Gasteiger partial charge in [-0.1, -0.05) is 30.7 Å². The Labute approximate surface area is 130 Å². The van der Waals surface area contributed by atoms with Gasteiger partial charge in [0.05, 0.1) is 6.61 Å². The van der Waals surface area contributed by atoms with E-state index in [2.05, 4.69) is 22.9 Å². The molecule has 1 N–H and O–H groups in total. The first kappa shape index (κ1) is 14.9. The van der Waals surface area contributed by atoms with Crippen molar-refractivity contribution in [3.8, 4) is 5.75 Å². The Morgan fingerprint density at radius 1 is 1.42 bits per heavy atom. The second kappa shape index (κ2) is 6.75. The van der Waals surface area contributed by atoms with Crippen LogP contribution in [0.2, 0.25) is 4.34 Å². The number of benzene rings is 1. The van der Waals surface area contributed by atoms with E-state index >= 15 is 0 Å². The number of rotatable bonds is 5. The van der Waals surface area contributed by atoms with Crippen molar-refractivity contribution in [2.45, 2.75) is 19.4 Å². The van der Waals surface area contributed by atoms with Gasteiger partial charge in [-0.25, -0.2) is 0 Å². The summed E-state index contributed by atoms with van der Waals surface area (Å²) in [5.41, 5.74) is 0.805. The third-order valence-electron chi connectivity index (χ3n) is 2.58. The number of thiophene rings is 1. The third-order valence-corrected chi connectivity index (χ3v) is 5.11. The van der Waals surface area contributed by atoms with Crippen LogP contribution in [0.5, 0.6) is 5.75 Å². The molecule has 0 bridgehead atoms. The zero-order valence-corrected chi connectivity index (χ0v) is 13.6. The van der Waals surface area contributed by atoms with Gasteiger partial charge in [0.1, 0.15) is 16.2 Å². The van der Waals surface area contributed by atoms with E-state index in [-0.39, 0.29) is 0 Å². The van der Waals surface area contributed by atoms with E-state index in [9.17, 15) is 5.11 Å². The first-order chi connectivity index (χ1) is 9.11. The number of aliphatic hydroxyl groups excluding tert-OH is 1. The van der Waals surface area contributed by atoms with Gasteiger partial charge in [0.15, 0.2) is 0 Å². The Kier molecular flexibility index (Phi) is 5.28. The Hall–Kier alpha value is -0.550. The zero-order valence-electron chi connectivity index (χ0n) is 10.4. The number of ether oxygens (including phenoxy) is 1. The summed E-state index contributed by atoms with van der Waals surface area (Å²) < 4.78 is 7.03. The van der Waals surface area contributed by atoms with Gasteiger partial charge in [-0.3, -0.25) is 0 Å². The minimum Gasteiger partial charge on any atom is -0.494 e. The highest BCUT2D eigenvalue weighted by Crippen LogP contribution is 2.37. The normalized spacial score (nSPS) is 12.4. The molecule has 2 nitrogen and oxygen atoms in total. The highest BCUT2D eigenvalue weighted by Gasteiger charge is 2.15. The SMILES string of the molecule is CCCOc1cccc(C(O)c2cc(Br)c(Cl)s2)c1. The van der Waals surface area contributed by atoms with E-state index in [1.165, 1.54) is 11.3 Å². The summed E-state index contributed by atoms with van der Waals surface area (Å²) in [5.74, 6) is 0.778. The fourth-order valence-corrected chi connectivity index (χ4v) is 3.41. The van der Waals surface area contributed by atoms with Crippen molar-refractivity contribution >= 4 is 38.9 Å². The Morgan fingerprint density at radius 2 is 2.21 bits per heavy atom. The summed E-state index contributed by atoms with van der Waals surface area (Å²) in [5, 5.41) is 10.4. The quantitative estimate of drug-likeness (QED) is 0.809. The molecule has 0 amide bonds. The number of aliphatic hydroxyl groups is 1. The van der Waals surface area contributed by atoms with Gasteiger partial charge in [0, 0.05) is 9.35 Å². The van der Waals surface area contributed by atoms with Crippen molar-refractivity contribution in [3.05, 3.63) is 49.6 Å². The molecule has 1 atom stereocenters. The van der Waals surface area contributed by atoms with Crippen molar-refractivity contribution in [1.82, 2.24) is 0 Å². The summed E-state index contributed by atoms with van der Waals surface area (Å²) in [7, 11) is 0. The molecule has 0 saturated carbocycles. The van der Waals surface area contributed by atoms with Gasteiger partial charge >= 0.3 is 0 Å². The maximum atomic E-state index is 10.4. The van der Waals surface area contributed by atoms with Gasteiger partial charge in [0.2, 0.25) is 0 Å². The summed E-state index contributed by atoms with van der Waals surface area (Å²) in [6.45, 7) is 2.74. The second-order valence-electron chi connectivity index (χ2n) is 4.09. The first-order valence-corrected chi connectivity index (χ1v) is 7.96. The average Bonchev–Trinajstić information content (AvgIpc) is 2.76. The van der Waals surface area contributed by atoms with E-state index in [1.807, 2.05) is 30.3 Å². The zero-order chi connectivity index (χ0) is 13.8. The molecule has 1 heterocycles. The van der Waals surface area contributed by atoms with Crippen LogP contribution in [0.15, 0.2) is 34.8 Å². The molecule has 2 aromatic rings. The highest BCUT2D eigenvalue weighted by molar-refractivity contribution is 9.10. The molecular formula is C14H14BrClO2S. The maximum Gasteiger partial charge on any atom is 0.119 e. The first-order valence-electron chi connectivity index (χ1n) is 5.97. The summed E-state index contributed by atoms with van der Waals surface area (Å²) in [6.07, 6.45) is 0.277. The Bertz CT molecular complexity index is 537. The minimum absolute atomic E-state index is 0.646. The molecule has 1 unspecified atom stereocenters. The number of hydrogen-bond acceptors (Lipinski definition) is 3. The van der Waals surface area contributed by atoms with E-state index in [4.69, 9.17) is 16.3 Å². The lowest BCUT2D eigenvalue weighted by Gasteiger charge is -2.11. The Balaban J connectivity index is 2.20. The van der Waals surface area contributed by atoms with Gasteiger partial charge in [-0.05, 0) is 46.1 Å². The molecule has 0 spiro atoms. The van der Waals surface area contributed by atoms with Gasteiger partial charge in [-0.15, -0.1) is 11.3 Å². The number of hydrogen-bond donors (Lipinski definition) is 1. The molecular weight excluding hydrogens is 348 g/mol. The topological polar surface area (TPSA) is 29.5 Å². The smallest absolute Gasteiger partial charge is 0.119 e. The number of halogens is 2. The molecule has 0 aliphatic carbocycles. The van der Waals surface area contributed by atoms with Crippen LogP contribution in [0.25, 0.3) is 0 Å². The molecule has 5 heteroatoms. The fourth-order valence-electron chi connectivity index (χ4n) is 1.66. The van der Waals surface area contributed by atoms with Gasteiger partial charge in [-0.2, -0.15) is 0 Å². The molecule has 0 aliphatic rings. The van der Waals surface area contributed by atoms with Gasteiger partial charge in [0.25, 0.3) is 0 Å². The molecule has 102 valence electrons. The molecule has 0 fully saturated rings. The standard InChI is InChI=1S/C14H14BrClO2S/c1-2-6-18-10-5-3-4-9(7-10)13(17)12-8-11(15)14(16)19-12/h3-5,7-8,13,17H,2,6H2,1H3. The molecule has 2 rings (SSSR count). The molecule has 0 aliphatic heterocycles. The second-order valence-corrected chi connectivity index (χ2v) is 6.63. The summed E-state index contributed by atoms with van der Waals surface area (Å²) >= 11 is 10.7. The predicted octanol–water partition coefficient (Wildman–Crippen LogP) is 5.03. The molecule has 0 saturated heterocycles. The molecule has 1 aromatic heterocycles. The maximum absolute atomic E-state index is 10.4. The van der Waals surface area contributed by atoms with Crippen molar-refractivity contribution in [3.63, 3.8) is 0 Å². The molecule has 1 aromatic carbocycles. The summed E-state index contributed by atoms with van der Waals surface area (Å²) in [6, 6.07) is 9.36. The largest absolute Gasteiger partial charge is 0.494 e. The van der Waals surface area contributed by atoms with Crippen LogP contribution in [0.4, 0.5) is 0 Å². The Morgan fingerprint density at radius 3 is 2.84 bits per heavy atom. The lowest BCUT2D eigenvalue weighted by atomic mass is 10.1. The van der Waals surface area contributed by atoms with Crippen LogP contribution in [-0.4, -0.2) is 11.7 Å². The predicted molar refractivity (Wildman–Crippen MR) is 83.3 cm³/mol. The van der Waals surface area contributed by atoms with Crippen LogP contribution >= 0.6 is 38.9 Å². The van der Waals surface area contributed by atoms with E-state index in [0.29, 0.717) is 10.9 Å². The van der Waals surface area contributed by atoms with E-state index in [1.54, 1.807) is 0 Å². The van der Waals surface area contributed by atoms with E-state index < -0.39 is 6.10 Å². The third kappa shape index (κ3) is 3.72. The average molecular weight is 362 g/mol. The molecule has 0 radical (unpaired) electrons. The highest BCUT2D eigenvalue weighted by atomic mass is 79.9. The van der Waals surface area contributed by atoms with Crippen LogP contribution in [0.1, 0.15) is 29.9 Å².